The van der Waals surface area contributed by atoms with Gasteiger partial charge in [-0.3, -0.25) is 10.2 Å². The van der Waals surface area contributed by atoms with Crippen LogP contribution in [0, 0.1) is 5.41 Å². The molecule has 1 aromatic carbocycles. The summed E-state index contributed by atoms with van der Waals surface area (Å²) in [6.07, 6.45) is 1.61. The molecule has 82 valence electrons. The highest BCUT2D eigenvalue weighted by molar-refractivity contribution is 6.44. The predicted molar refractivity (Wildman–Crippen MR) is 62.0 cm³/mol. The summed E-state index contributed by atoms with van der Waals surface area (Å²) >= 11 is 0. The summed E-state index contributed by atoms with van der Waals surface area (Å²) in [5, 5.41) is 8.28. The molecule has 0 spiro atoms. The lowest BCUT2D eigenvalue weighted by Crippen LogP contribution is -2.16. The third-order valence-electron chi connectivity index (χ3n) is 2.33. The van der Waals surface area contributed by atoms with Crippen LogP contribution >= 0.6 is 0 Å². The molecule has 1 aromatic heterocycles. The molecule has 0 aliphatic carbocycles. The number of H-pyrrole nitrogens is 1. The van der Waals surface area contributed by atoms with Crippen LogP contribution in [-0.2, 0) is 4.74 Å². The second kappa shape index (κ2) is 4.18. The summed E-state index contributed by atoms with van der Waals surface area (Å²) < 4.78 is 4.90. The molecule has 0 saturated carbocycles. The molecule has 0 fully saturated rings. The fourth-order valence-electron chi connectivity index (χ4n) is 1.59. The number of para-hydroxylation sites is 1. The van der Waals surface area contributed by atoms with E-state index in [-0.39, 0.29) is 11.7 Å². The first-order valence-electron chi connectivity index (χ1n) is 5.06. The van der Waals surface area contributed by atoms with E-state index in [0.29, 0.717) is 12.2 Å². The minimum Gasteiger partial charge on any atom is -0.476 e. The number of aromatic amines is 1. The van der Waals surface area contributed by atoms with E-state index in [4.69, 9.17) is 10.1 Å². The number of nitrogens with one attached hydrogen (secondary N) is 2. The first-order valence-corrected chi connectivity index (χ1v) is 5.06. The lowest BCUT2D eigenvalue weighted by Gasteiger charge is -2.02. The van der Waals surface area contributed by atoms with Crippen molar-refractivity contribution in [1.82, 2.24) is 4.98 Å². The maximum Gasteiger partial charge on any atom is 0.255 e. The Morgan fingerprint density at radius 2 is 2.19 bits per heavy atom. The van der Waals surface area contributed by atoms with E-state index in [0.717, 1.165) is 10.9 Å². The van der Waals surface area contributed by atoms with Gasteiger partial charge >= 0.3 is 0 Å². The van der Waals surface area contributed by atoms with Crippen molar-refractivity contribution < 1.29 is 9.53 Å². The van der Waals surface area contributed by atoms with Gasteiger partial charge in [-0.25, -0.2) is 0 Å². The minimum absolute atomic E-state index is 0.313. The van der Waals surface area contributed by atoms with Crippen LogP contribution in [-0.4, -0.2) is 23.3 Å². The molecule has 2 aromatic rings. The van der Waals surface area contributed by atoms with E-state index in [1.165, 1.54) is 0 Å². The maximum absolute atomic E-state index is 11.8. The second-order valence-electron chi connectivity index (χ2n) is 3.34. The topological polar surface area (TPSA) is 65.9 Å². The average Bonchev–Trinajstić information content (AvgIpc) is 2.72. The Kier molecular flexibility index (Phi) is 2.72. The maximum atomic E-state index is 11.8. The summed E-state index contributed by atoms with van der Waals surface area (Å²) in [5.41, 5.74) is 1.36. The molecular weight excluding hydrogens is 204 g/mol. The van der Waals surface area contributed by atoms with Gasteiger partial charge in [0.25, 0.3) is 5.90 Å². The van der Waals surface area contributed by atoms with Crippen LogP contribution in [0.1, 0.15) is 17.3 Å². The van der Waals surface area contributed by atoms with Gasteiger partial charge in [-0.05, 0) is 13.0 Å². The van der Waals surface area contributed by atoms with Gasteiger partial charge in [0.15, 0.2) is 0 Å². The Morgan fingerprint density at radius 3 is 2.94 bits per heavy atom. The van der Waals surface area contributed by atoms with Crippen molar-refractivity contribution in [3.05, 3.63) is 36.0 Å². The molecule has 2 rings (SSSR count). The van der Waals surface area contributed by atoms with Gasteiger partial charge in [-0.1, -0.05) is 18.2 Å². The molecule has 0 unspecified atom stereocenters. The van der Waals surface area contributed by atoms with Crippen LogP contribution < -0.4 is 0 Å². The highest BCUT2D eigenvalue weighted by atomic mass is 16.5. The number of aromatic nitrogens is 1. The van der Waals surface area contributed by atoms with Gasteiger partial charge in [-0.2, -0.15) is 0 Å². The zero-order chi connectivity index (χ0) is 11.5. The number of benzene rings is 1. The Bertz CT molecular complexity index is 543. The number of Topliss-reactive ketones (excluding diaryl/α,β-unsaturated/α-hetero) is 1. The lowest BCUT2D eigenvalue weighted by atomic mass is 10.1. The molecule has 4 nitrogen and oxygen atoms in total. The van der Waals surface area contributed by atoms with Crippen molar-refractivity contribution in [1.29, 1.82) is 5.41 Å². The first-order chi connectivity index (χ1) is 7.74. The molecule has 0 amide bonds. The monoisotopic (exact) mass is 216 g/mol. The van der Waals surface area contributed by atoms with Crippen LogP contribution in [0.3, 0.4) is 0 Å². The number of ketones is 1. The van der Waals surface area contributed by atoms with Crippen LogP contribution in [0.5, 0.6) is 0 Å². The SMILES string of the molecule is CCOC(=N)C(=O)c1c[nH]c2ccccc12. The number of rotatable bonds is 3. The summed E-state index contributed by atoms with van der Waals surface area (Å²) in [4.78, 5) is 14.8. The quantitative estimate of drug-likeness (QED) is 0.470. The van der Waals surface area contributed by atoms with Crippen molar-refractivity contribution in [2.75, 3.05) is 6.61 Å². The third kappa shape index (κ3) is 1.69. The molecule has 0 atom stereocenters. The summed E-state index contributed by atoms with van der Waals surface area (Å²) in [7, 11) is 0. The van der Waals surface area contributed by atoms with Crippen LogP contribution in [0.2, 0.25) is 0 Å². The molecule has 0 bridgehead atoms. The van der Waals surface area contributed by atoms with Crippen molar-refractivity contribution in [2.24, 2.45) is 0 Å². The van der Waals surface area contributed by atoms with Gasteiger partial charge in [0.05, 0.1) is 12.2 Å². The predicted octanol–water partition coefficient (Wildman–Crippen LogP) is 2.36. The lowest BCUT2D eigenvalue weighted by molar-refractivity contribution is 0.103. The molecular formula is C12H12N2O2. The number of fused-ring (bicyclic) bond motifs is 1. The molecule has 0 aliphatic rings. The van der Waals surface area contributed by atoms with Crippen LogP contribution in [0.4, 0.5) is 0 Å². The number of ether oxygens (including phenoxy) is 1. The number of carbonyl (C=O) groups excluding carboxylic acids is 1. The smallest absolute Gasteiger partial charge is 0.255 e. The van der Waals surface area contributed by atoms with E-state index in [9.17, 15) is 4.79 Å². The number of hydrogen-bond acceptors (Lipinski definition) is 3. The van der Waals surface area contributed by atoms with Crippen LogP contribution in [0.25, 0.3) is 10.9 Å². The number of hydrogen-bond donors (Lipinski definition) is 2. The highest BCUT2D eigenvalue weighted by Crippen LogP contribution is 2.18. The fourth-order valence-corrected chi connectivity index (χ4v) is 1.59. The van der Waals surface area contributed by atoms with Gasteiger partial charge in [-0.15, -0.1) is 0 Å². The van der Waals surface area contributed by atoms with Gasteiger partial charge in [0.1, 0.15) is 0 Å². The van der Waals surface area contributed by atoms with E-state index in [2.05, 4.69) is 4.98 Å². The van der Waals surface area contributed by atoms with E-state index in [1.807, 2.05) is 24.3 Å². The molecule has 0 saturated heterocycles. The summed E-state index contributed by atoms with van der Waals surface area (Å²) in [6.45, 7) is 2.07. The first kappa shape index (κ1) is 10.4. The Labute approximate surface area is 92.7 Å². The summed E-state index contributed by atoms with van der Waals surface area (Å²) in [6, 6.07) is 7.48. The Balaban J connectivity index is 2.40. The van der Waals surface area contributed by atoms with Crippen molar-refractivity contribution in [2.45, 2.75) is 6.92 Å². The average molecular weight is 216 g/mol. The highest BCUT2D eigenvalue weighted by Gasteiger charge is 2.17. The summed E-state index contributed by atoms with van der Waals surface area (Å²) in [5.74, 6) is -0.702. The van der Waals surface area contributed by atoms with E-state index < -0.39 is 0 Å². The fraction of sp³-hybridized carbons (Fsp3) is 0.167. The number of carbonyl (C=O) groups is 1. The van der Waals surface area contributed by atoms with E-state index in [1.54, 1.807) is 13.1 Å². The van der Waals surface area contributed by atoms with Gasteiger partial charge < -0.3 is 9.72 Å². The Morgan fingerprint density at radius 1 is 1.44 bits per heavy atom. The largest absolute Gasteiger partial charge is 0.476 e. The molecule has 16 heavy (non-hydrogen) atoms. The van der Waals surface area contributed by atoms with Gasteiger partial charge in [0.2, 0.25) is 5.78 Å². The van der Waals surface area contributed by atoms with Crippen LogP contribution in [0.15, 0.2) is 30.5 Å². The second-order valence-corrected chi connectivity index (χ2v) is 3.34. The normalized spacial score (nSPS) is 10.3. The van der Waals surface area contributed by atoms with Crippen molar-refractivity contribution in [3.63, 3.8) is 0 Å². The minimum atomic E-state index is -0.390. The molecule has 0 aliphatic heterocycles. The molecule has 2 N–H and O–H groups in total. The third-order valence-corrected chi connectivity index (χ3v) is 2.33. The molecule has 0 radical (unpaired) electrons. The standard InChI is InChI=1S/C12H12N2O2/c1-2-16-12(13)11(15)9-7-14-10-6-4-3-5-8(9)10/h3-7,13-14H,2H2,1H3. The zero-order valence-corrected chi connectivity index (χ0v) is 8.91. The Hall–Kier alpha value is -2.10. The molecule has 1 heterocycles. The van der Waals surface area contributed by atoms with Gasteiger partial charge in [0, 0.05) is 17.1 Å². The zero-order valence-electron chi connectivity index (χ0n) is 8.91. The van der Waals surface area contributed by atoms with Crippen molar-refractivity contribution >= 4 is 22.6 Å². The molecule has 4 heteroatoms. The van der Waals surface area contributed by atoms with Crippen molar-refractivity contribution in [3.8, 4) is 0 Å². The van der Waals surface area contributed by atoms with E-state index >= 15 is 0 Å².